The SMILES string of the molecule is CC(=O)CCOCCNC(=O)CCc1ccc(N2C(=O)CC(C(C)C)C2=O)cc1. The Morgan fingerprint density at radius 2 is 1.83 bits per heavy atom. The first-order chi connectivity index (χ1) is 13.8. The van der Waals surface area contributed by atoms with Crippen molar-refractivity contribution in [1.82, 2.24) is 5.32 Å². The van der Waals surface area contributed by atoms with Crippen LogP contribution in [0, 0.1) is 11.8 Å². The standard InChI is InChI=1S/C22H30N2O5/c1-15(2)19-14-21(27)24(22(19)28)18-7-4-17(5-8-18)6-9-20(26)23-11-13-29-12-10-16(3)25/h4-5,7-8,15,19H,6,9-14H2,1-3H3,(H,23,26). The highest BCUT2D eigenvalue weighted by Gasteiger charge is 2.40. The Hall–Kier alpha value is -2.54. The van der Waals surface area contributed by atoms with Gasteiger partial charge in [0.2, 0.25) is 17.7 Å². The van der Waals surface area contributed by atoms with Gasteiger partial charge in [-0.15, -0.1) is 0 Å². The molecule has 0 bridgehead atoms. The summed E-state index contributed by atoms with van der Waals surface area (Å²) >= 11 is 0. The molecule has 7 nitrogen and oxygen atoms in total. The zero-order chi connectivity index (χ0) is 21.4. The first kappa shape index (κ1) is 22.7. The molecule has 1 atom stereocenters. The van der Waals surface area contributed by atoms with Crippen LogP contribution in [0.15, 0.2) is 24.3 Å². The van der Waals surface area contributed by atoms with Crippen LogP contribution in [-0.2, 0) is 30.3 Å². The van der Waals surface area contributed by atoms with Gasteiger partial charge >= 0.3 is 0 Å². The molecule has 0 aliphatic carbocycles. The molecule has 1 heterocycles. The molecule has 1 aliphatic rings. The van der Waals surface area contributed by atoms with Crippen molar-refractivity contribution >= 4 is 29.2 Å². The number of hydrogen-bond donors (Lipinski definition) is 1. The van der Waals surface area contributed by atoms with E-state index in [-0.39, 0.29) is 41.8 Å². The van der Waals surface area contributed by atoms with E-state index in [2.05, 4.69) is 5.32 Å². The average molecular weight is 402 g/mol. The summed E-state index contributed by atoms with van der Waals surface area (Å²) in [6.07, 6.45) is 1.55. The van der Waals surface area contributed by atoms with Crippen LogP contribution in [0.1, 0.15) is 45.6 Å². The average Bonchev–Trinajstić information content (AvgIpc) is 2.97. The normalized spacial score (nSPS) is 16.6. The van der Waals surface area contributed by atoms with Crippen molar-refractivity contribution in [1.29, 1.82) is 0 Å². The molecule has 1 saturated heterocycles. The molecule has 1 aliphatic heterocycles. The maximum Gasteiger partial charge on any atom is 0.237 e. The second-order valence-corrected chi connectivity index (χ2v) is 7.70. The number of carbonyl (C=O) groups is 4. The molecule has 2 rings (SSSR count). The summed E-state index contributed by atoms with van der Waals surface area (Å²) in [4.78, 5) is 48.7. The number of rotatable bonds is 11. The van der Waals surface area contributed by atoms with Crippen molar-refractivity contribution in [3.63, 3.8) is 0 Å². The van der Waals surface area contributed by atoms with Crippen LogP contribution in [0.3, 0.4) is 0 Å². The highest BCUT2D eigenvalue weighted by atomic mass is 16.5. The van der Waals surface area contributed by atoms with Gasteiger partial charge < -0.3 is 10.1 Å². The molecule has 0 spiro atoms. The number of ketones is 1. The van der Waals surface area contributed by atoms with Crippen molar-refractivity contribution < 1.29 is 23.9 Å². The molecule has 3 amide bonds. The maximum atomic E-state index is 12.5. The lowest BCUT2D eigenvalue weighted by atomic mass is 9.94. The lowest BCUT2D eigenvalue weighted by Crippen LogP contribution is -2.31. The fourth-order valence-electron chi connectivity index (χ4n) is 3.19. The highest BCUT2D eigenvalue weighted by Crippen LogP contribution is 2.30. The van der Waals surface area contributed by atoms with Gasteiger partial charge in [-0.1, -0.05) is 26.0 Å². The van der Waals surface area contributed by atoms with Crippen molar-refractivity contribution in [2.24, 2.45) is 11.8 Å². The third-order valence-electron chi connectivity index (χ3n) is 4.99. The minimum Gasteiger partial charge on any atom is -0.379 e. The minimum absolute atomic E-state index is 0.0751. The summed E-state index contributed by atoms with van der Waals surface area (Å²) in [6.45, 7) is 6.57. The van der Waals surface area contributed by atoms with Gasteiger partial charge in [-0.3, -0.25) is 24.1 Å². The van der Waals surface area contributed by atoms with E-state index in [1.54, 1.807) is 12.1 Å². The number of hydrogen-bond acceptors (Lipinski definition) is 5. The largest absolute Gasteiger partial charge is 0.379 e. The zero-order valence-corrected chi connectivity index (χ0v) is 17.4. The molecule has 0 saturated carbocycles. The van der Waals surface area contributed by atoms with E-state index < -0.39 is 0 Å². The number of nitrogens with zero attached hydrogens (tertiary/aromatic N) is 1. The predicted molar refractivity (Wildman–Crippen MR) is 109 cm³/mol. The Kier molecular flexibility index (Phi) is 8.51. The number of nitrogens with one attached hydrogen (secondary N) is 1. The highest BCUT2D eigenvalue weighted by molar-refractivity contribution is 6.21. The summed E-state index contributed by atoms with van der Waals surface area (Å²) in [7, 11) is 0. The van der Waals surface area contributed by atoms with Crippen LogP contribution in [0.2, 0.25) is 0 Å². The molecule has 1 fully saturated rings. The molecule has 0 radical (unpaired) electrons. The van der Waals surface area contributed by atoms with Gasteiger partial charge in [-0.05, 0) is 37.0 Å². The number of carbonyl (C=O) groups excluding carboxylic acids is 4. The number of ether oxygens (including phenoxy) is 1. The lowest BCUT2D eigenvalue weighted by Gasteiger charge is -2.16. The van der Waals surface area contributed by atoms with Crippen LogP contribution < -0.4 is 10.2 Å². The van der Waals surface area contributed by atoms with Crippen LogP contribution in [0.25, 0.3) is 0 Å². The van der Waals surface area contributed by atoms with E-state index in [0.717, 1.165) is 5.56 Å². The molecule has 0 aromatic heterocycles. The van der Waals surface area contributed by atoms with Crippen molar-refractivity contribution in [3.8, 4) is 0 Å². The van der Waals surface area contributed by atoms with Gasteiger partial charge in [0, 0.05) is 25.8 Å². The molecule has 29 heavy (non-hydrogen) atoms. The minimum atomic E-state index is -0.252. The Morgan fingerprint density at radius 3 is 2.41 bits per heavy atom. The van der Waals surface area contributed by atoms with Gasteiger partial charge in [0.15, 0.2) is 0 Å². The predicted octanol–water partition coefficient (Wildman–Crippen LogP) is 2.27. The fraction of sp³-hybridized carbons (Fsp3) is 0.545. The summed E-state index contributed by atoms with van der Waals surface area (Å²) in [5.74, 6) is -0.410. The molecule has 7 heteroatoms. The van der Waals surface area contributed by atoms with Crippen LogP contribution >= 0.6 is 0 Å². The second-order valence-electron chi connectivity index (χ2n) is 7.70. The van der Waals surface area contributed by atoms with Crippen LogP contribution in [0.4, 0.5) is 5.69 Å². The Bertz CT molecular complexity index is 742. The Morgan fingerprint density at radius 1 is 1.14 bits per heavy atom. The van der Waals surface area contributed by atoms with Gasteiger partial charge in [0.25, 0.3) is 0 Å². The molecule has 1 N–H and O–H groups in total. The van der Waals surface area contributed by atoms with Gasteiger partial charge in [-0.2, -0.15) is 0 Å². The van der Waals surface area contributed by atoms with E-state index in [9.17, 15) is 19.2 Å². The van der Waals surface area contributed by atoms with Crippen molar-refractivity contribution in [2.45, 2.75) is 46.5 Å². The van der Waals surface area contributed by atoms with Gasteiger partial charge in [0.05, 0.1) is 24.8 Å². The Labute approximate surface area is 171 Å². The van der Waals surface area contributed by atoms with E-state index in [0.29, 0.717) is 44.7 Å². The monoisotopic (exact) mass is 402 g/mol. The summed E-state index contributed by atoms with van der Waals surface area (Å²) in [6, 6.07) is 7.21. The lowest BCUT2D eigenvalue weighted by molar-refractivity contribution is -0.123. The zero-order valence-electron chi connectivity index (χ0n) is 17.4. The smallest absolute Gasteiger partial charge is 0.237 e. The van der Waals surface area contributed by atoms with E-state index >= 15 is 0 Å². The first-order valence-electron chi connectivity index (χ1n) is 10.1. The molecule has 1 unspecified atom stereocenters. The second kappa shape index (κ2) is 10.9. The number of Topliss-reactive ketones (excluding diaryl/α,β-unsaturated/α-hetero) is 1. The van der Waals surface area contributed by atoms with Crippen molar-refractivity contribution in [3.05, 3.63) is 29.8 Å². The van der Waals surface area contributed by atoms with E-state index in [1.165, 1.54) is 11.8 Å². The third kappa shape index (κ3) is 6.78. The fourth-order valence-corrected chi connectivity index (χ4v) is 3.19. The molecular weight excluding hydrogens is 372 g/mol. The molecule has 1 aromatic carbocycles. The third-order valence-corrected chi connectivity index (χ3v) is 4.99. The number of amides is 3. The van der Waals surface area contributed by atoms with Crippen LogP contribution in [-0.4, -0.2) is 43.3 Å². The Balaban J connectivity index is 1.75. The molecular formula is C22H30N2O5. The number of imide groups is 1. The van der Waals surface area contributed by atoms with Gasteiger partial charge in [0.1, 0.15) is 5.78 Å². The first-order valence-corrected chi connectivity index (χ1v) is 10.1. The van der Waals surface area contributed by atoms with E-state index in [1.807, 2.05) is 26.0 Å². The summed E-state index contributed by atoms with van der Waals surface area (Å²) < 4.78 is 5.26. The number of aryl methyl sites for hydroxylation is 1. The maximum absolute atomic E-state index is 12.5. The quantitative estimate of drug-likeness (QED) is 0.453. The van der Waals surface area contributed by atoms with E-state index in [4.69, 9.17) is 4.74 Å². The topological polar surface area (TPSA) is 92.8 Å². The van der Waals surface area contributed by atoms with Crippen molar-refractivity contribution in [2.75, 3.05) is 24.7 Å². The number of benzene rings is 1. The molecule has 1 aromatic rings. The summed E-state index contributed by atoms with van der Waals surface area (Å²) in [5, 5.41) is 2.78. The van der Waals surface area contributed by atoms with Crippen LogP contribution in [0.5, 0.6) is 0 Å². The molecule has 158 valence electrons. The summed E-state index contributed by atoms with van der Waals surface area (Å²) in [5.41, 5.74) is 1.54. The number of anilines is 1. The van der Waals surface area contributed by atoms with Gasteiger partial charge in [-0.25, -0.2) is 0 Å².